The summed E-state index contributed by atoms with van der Waals surface area (Å²) in [6.07, 6.45) is 2.08. The number of anilines is 2. The van der Waals surface area contributed by atoms with Crippen LogP contribution in [0.5, 0.6) is 5.88 Å². The van der Waals surface area contributed by atoms with Crippen LogP contribution in [0.25, 0.3) is 0 Å². The first-order chi connectivity index (χ1) is 8.65. The molecule has 1 fully saturated rings. The van der Waals surface area contributed by atoms with Crippen LogP contribution in [0.2, 0.25) is 0 Å². The van der Waals surface area contributed by atoms with Gasteiger partial charge in [0.2, 0.25) is 5.88 Å². The Bertz CT molecular complexity index is 390. The Labute approximate surface area is 108 Å². The highest BCUT2D eigenvalue weighted by Gasteiger charge is 2.14. The van der Waals surface area contributed by atoms with E-state index in [0.29, 0.717) is 17.6 Å². The monoisotopic (exact) mass is 251 g/mol. The summed E-state index contributed by atoms with van der Waals surface area (Å²) in [7, 11) is 0. The van der Waals surface area contributed by atoms with Gasteiger partial charge in [0, 0.05) is 19.3 Å². The van der Waals surface area contributed by atoms with E-state index in [1.165, 1.54) is 0 Å². The fourth-order valence-electron chi connectivity index (χ4n) is 1.90. The molecule has 3 N–H and O–H groups in total. The minimum Gasteiger partial charge on any atom is -0.473 e. The van der Waals surface area contributed by atoms with Crippen LogP contribution in [-0.2, 0) is 4.74 Å². The van der Waals surface area contributed by atoms with Crippen LogP contribution < -0.4 is 15.8 Å². The van der Waals surface area contributed by atoms with E-state index in [9.17, 15) is 0 Å². The van der Waals surface area contributed by atoms with Crippen molar-refractivity contribution in [2.45, 2.75) is 38.8 Å². The molecule has 0 amide bonds. The topological polar surface area (TPSA) is 69.4 Å². The van der Waals surface area contributed by atoms with Crippen molar-refractivity contribution in [3.05, 3.63) is 12.1 Å². The van der Waals surface area contributed by atoms with Gasteiger partial charge in [-0.1, -0.05) is 0 Å². The molecule has 1 aliphatic heterocycles. The number of aromatic nitrogens is 1. The van der Waals surface area contributed by atoms with Crippen LogP contribution in [-0.4, -0.2) is 30.3 Å². The highest BCUT2D eigenvalue weighted by Crippen LogP contribution is 2.23. The molecule has 0 spiro atoms. The number of nitrogens with two attached hydrogens (primary N) is 1. The lowest BCUT2D eigenvalue weighted by molar-refractivity contribution is 0.0903. The van der Waals surface area contributed by atoms with Crippen LogP contribution >= 0.6 is 0 Å². The Hall–Kier alpha value is -1.49. The van der Waals surface area contributed by atoms with Gasteiger partial charge in [0.1, 0.15) is 5.82 Å². The second-order valence-corrected chi connectivity index (χ2v) is 4.79. The summed E-state index contributed by atoms with van der Waals surface area (Å²) < 4.78 is 10.9. The van der Waals surface area contributed by atoms with Gasteiger partial charge in [0.15, 0.2) is 0 Å². The van der Waals surface area contributed by atoms with Gasteiger partial charge in [-0.05, 0) is 38.8 Å². The molecule has 0 bridgehead atoms. The van der Waals surface area contributed by atoms with E-state index in [1.807, 2.05) is 26.0 Å². The SMILES string of the molecule is CC(C)Oc1nc(NC2CCOCC2)ccc1N. The lowest BCUT2D eigenvalue weighted by atomic mass is 10.1. The highest BCUT2D eigenvalue weighted by molar-refractivity contribution is 5.53. The third-order valence-corrected chi connectivity index (χ3v) is 2.81. The van der Waals surface area contributed by atoms with Gasteiger partial charge in [-0.3, -0.25) is 0 Å². The minimum absolute atomic E-state index is 0.0677. The molecule has 5 heteroatoms. The Morgan fingerprint density at radius 2 is 2.11 bits per heavy atom. The number of rotatable bonds is 4. The quantitative estimate of drug-likeness (QED) is 0.857. The van der Waals surface area contributed by atoms with Crippen molar-refractivity contribution in [2.24, 2.45) is 0 Å². The van der Waals surface area contributed by atoms with E-state index in [4.69, 9.17) is 15.2 Å². The fourth-order valence-corrected chi connectivity index (χ4v) is 1.90. The molecule has 100 valence electrons. The molecule has 0 aromatic carbocycles. The molecule has 0 saturated carbocycles. The smallest absolute Gasteiger partial charge is 0.239 e. The maximum absolute atomic E-state index is 5.84. The van der Waals surface area contributed by atoms with Crippen LogP contribution in [0.15, 0.2) is 12.1 Å². The van der Waals surface area contributed by atoms with E-state index < -0.39 is 0 Å². The molecule has 0 radical (unpaired) electrons. The fraction of sp³-hybridized carbons (Fsp3) is 0.615. The van der Waals surface area contributed by atoms with E-state index >= 15 is 0 Å². The van der Waals surface area contributed by atoms with Crippen molar-refractivity contribution >= 4 is 11.5 Å². The molecule has 1 saturated heterocycles. The number of hydrogen-bond donors (Lipinski definition) is 2. The number of pyridine rings is 1. The molecular weight excluding hydrogens is 230 g/mol. The summed E-state index contributed by atoms with van der Waals surface area (Å²) in [5.74, 6) is 1.31. The van der Waals surface area contributed by atoms with Gasteiger partial charge in [0.05, 0.1) is 11.8 Å². The second-order valence-electron chi connectivity index (χ2n) is 4.79. The minimum atomic E-state index is 0.0677. The predicted molar refractivity (Wildman–Crippen MR) is 71.9 cm³/mol. The molecule has 18 heavy (non-hydrogen) atoms. The molecule has 0 aliphatic carbocycles. The summed E-state index contributed by atoms with van der Waals surface area (Å²) in [6, 6.07) is 4.13. The molecule has 5 nitrogen and oxygen atoms in total. The molecular formula is C13H21N3O2. The third kappa shape index (κ3) is 3.50. The van der Waals surface area contributed by atoms with Gasteiger partial charge in [-0.15, -0.1) is 0 Å². The van der Waals surface area contributed by atoms with E-state index in [2.05, 4.69) is 10.3 Å². The molecule has 1 aliphatic rings. The van der Waals surface area contributed by atoms with Crippen molar-refractivity contribution in [3.8, 4) is 5.88 Å². The lowest BCUT2D eigenvalue weighted by Crippen LogP contribution is -2.28. The zero-order chi connectivity index (χ0) is 13.0. The van der Waals surface area contributed by atoms with Crippen LogP contribution in [0.4, 0.5) is 11.5 Å². The van der Waals surface area contributed by atoms with Gasteiger partial charge < -0.3 is 20.5 Å². The normalized spacial score (nSPS) is 16.8. The first-order valence-electron chi connectivity index (χ1n) is 6.42. The summed E-state index contributed by atoms with van der Waals surface area (Å²) in [4.78, 5) is 4.41. The third-order valence-electron chi connectivity index (χ3n) is 2.81. The maximum atomic E-state index is 5.84. The van der Waals surface area contributed by atoms with E-state index in [-0.39, 0.29) is 6.10 Å². The first kappa shape index (κ1) is 13.0. The van der Waals surface area contributed by atoms with Crippen molar-refractivity contribution in [1.82, 2.24) is 4.98 Å². The molecule has 1 aromatic heterocycles. The van der Waals surface area contributed by atoms with Gasteiger partial charge in [-0.25, -0.2) is 0 Å². The van der Waals surface area contributed by atoms with Crippen LogP contribution in [0.3, 0.4) is 0 Å². The Morgan fingerprint density at radius 1 is 1.39 bits per heavy atom. The maximum Gasteiger partial charge on any atom is 0.239 e. The Kier molecular flexibility index (Phi) is 4.25. The summed E-state index contributed by atoms with van der Waals surface area (Å²) in [6.45, 7) is 5.53. The number of nitrogens with zero attached hydrogens (tertiary/aromatic N) is 1. The van der Waals surface area contributed by atoms with Crippen molar-refractivity contribution in [2.75, 3.05) is 24.3 Å². The molecule has 1 aromatic rings. The number of ether oxygens (including phenoxy) is 2. The number of nitrogen functional groups attached to an aromatic ring is 1. The summed E-state index contributed by atoms with van der Waals surface area (Å²) in [5.41, 5.74) is 6.41. The standard InChI is InChI=1S/C13H21N3O2/c1-9(2)18-13-11(14)3-4-12(16-13)15-10-5-7-17-8-6-10/h3-4,9-10H,5-8,14H2,1-2H3,(H,15,16). The predicted octanol–water partition coefficient (Wildman–Crippen LogP) is 2.04. The summed E-state index contributed by atoms with van der Waals surface area (Å²) >= 11 is 0. The largest absolute Gasteiger partial charge is 0.473 e. The molecule has 0 unspecified atom stereocenters. The zero-order valence-electron chi connectivity index (χ0n) is 11.0. The van der Waals surface area contributed by atoms with Crippen LogP contribution in [0.1, 0.15) is 26.7 Å². The Balaban J connectivity index is 2.03. The Morgan fingerprint density at radius 3 is 2.78 bits per heavy atom. The van der Waals surface area contributed by atoms with Gasteiger partial charge in [-0.2, -0.15) is 4.98 Å². The van der Waals surface area contributed by atoms with E-state index in [1.54, 1.807) is 0 Å². The van der Waals surface area contributed by atoms with Gasteiger partial charge in [0.25, 0.3) is 0 Å². The number of hydrogen-bond acceptors (Lipinski definition) is 5. The average molecular weight is 251 g/mol. The number of nitrogens with one attached hydrogen (secondary N) is 1. The van der Waals surface area contributed by atoms with Crippen LogP contribution in [0, 0.1) is 0 Å². The van der Waals surface area contributed by atoms with Crippen molar-refractivity contribution in [1.29, 1.82) is 0 Å². The molecule has 0 atom stereocenters. The first-order valence-corrected chi connectivity index (χ1v) is 6.42. The van der Waals surface area contributed by atoms with E-state index in [0.717, 1.165) is 31.9 Å². The second kappa shape index (κ2) is 5.91. The molecule has 2 heterocycles. The average Bonchev–Trinajstić information content (AvgIpc) is 2.34. The zero-order valence-corrected chi connectivity index (χ0v) is 11.0. The van der Waals surface area contributed by atoms with Crippen molar-refractivity contribution < 1.29 is 9.47 Å². The lowest BCUT2D eigenvalue weighted by Gasteiger charge is -2.24. The highest BCUT2D eigenvalue weighted by atomic mass is 16.5. The summed E-state index contributed by atoms with van der Waals surface area (Å²) in [5, 5.41) is 3.40. The van der Waals surface area contributed by atoms with Crippen molar-refractivity contribution in [3.63, 3.8) is 0 Å². The van der Waals surface area contributed by atoms with Gasteiger partial charge >= 0.3 is 0 Å². The molecule has 2 rings (SSSR count).